The summed E-state index contributed by atoms with van der Waals surface area (Å²) < 4.78 is 0. The van der Waals surface area contributed by atoms with Crippen LogP contribution in [-0.4, -0.2) is 12.6 Å². The number of carbonyl (C=O) groups is 1. The Kier molecular flexibility index (Phi) is 4.58. The number of hydrogen-bond donors (Lipinski definition) is 2. The molecule has 1 fully saturated rings. The predicted octanol–water partition coefficient (Wildman–Crippen LogP) is 4.89. The van der Waals surface area contributed by atoms with Gasteiger partial charge in [0.05, 0.1) is 0 Å². The van der Waals surface area contributed by atoms with Crippen LogP contribution in [0, 0.1) is 6.92 Å². The minimum Gasteiger partial charge on any atom is -0.337 e. The molecule has 0 bridgehead atoms. The van der Waals surface area contributed by atoms with Crippen LogP contribution in [0.15, 0.2) is 48.5 Å². The molecule has 0 atom stereocenters. The minimum absolute atomic E-state index is 0.0868. The van der Waals surface area contributed by atoms with Gasteiger partial charge in [0.25, 0.3) is 0 Å². The Bertz CT molecular complexity index is 696. The Morgan fingerprint density at radius 1 is 1.17 bits per heavy atom. The predicted molar refractivity (Wildman–Crippen MR) is 95.2 cm³/mol. The van der Waals surface area contributed by atoms with E-state index >= 15 is 0 Å². The molecule has 2 aromatic rings. The normalized spacial score (nSPS) is 15.6. The second-order valence-electron chi connectivity index (χ2n) is 6.27. The first kappa shape index (κ1) is 15.9. The van der Waals surface area contributed by atoms with E-state index in [-0.39, 0.29) is 11.4 Å². The fourth-order valence-electron chi connectivity index (χ4n) is 3.06. The van der Waals surface area contributed by atoms with Crippen LogP contribution in [0.25, 0.3) is 0 Å². The molecule has 0 saturated heterocycles. The molecule has 4 heteroatoms. The van der Waals surface area contributed by atoms with E-state index in [9.17, 15) is 4.79 Å². The summed E-state index contributed by atoms with van der Waals surface area (Å²) in [6.07, 6.45) is 3.45. The number of halogens is 1. The highest BCUT2D eigenvalue weighted by atomic mass is 35.5. The number of urea groups is 1. The Hall–Kier alpha value is -2.00. The number of carbonyl (C=O) groups excluding carboxylic acids is 1. The number of hydrogen-bond acceptors (Lipinski definition) is 1. The maximum atomic E-state index is 12.2. The van der Waals surface area contributed by atoms with E-state index in [1.807, 2.05) is 25.1 Å². The number of nitrogens with one attached hydrogen (secondary N) is 2. The molecular formula is C19H21ClN2O. The fraction of sp³-hybridized carbons (Fsp3) is 0.316. The van der Waals surface area contributed by atoms with Gasteiger partial charge in [-0.3, -0.25) is 0 Å². The third kappa shape index (κ3) is 3.50. The van der Waals surface area contributed by atoms with Crippen molar-refractivity contribution < 1.29 is 4.79 Å². The Balaban J connectivity index is 1.61. The van der Waals surface area contributed by atoms with E-state index in [1.54, 1.807) is 6.07 Å². The Morgan fingerprint density at radius 2 is 1.91 bits per heavy atom. The topological polar surface area (TPSA) is 41.1 Å². The summed E-state index contributed by atoms with van der Waals surface area (Å²) in [5.74, 6) is 0. The van der Waals surface area contributed by atoms with Crippen molar-refractivity contribution >= 4 is 23.3 Å². The maximum absolute atomic E-state index is 12.2. The lowest BCUT2D eigenvalue weighted by Crippen LogP contribution is -2.46. The standard InChI is InChI=1S/C19H21ClN2O/c1-14-8-9-16(12-17(14)20)22-18(23)21-13-19(10-5-11-19)15-6-3-2-4-7-15/h2-4,6-9,12H,5,10-11,13H2,1H3,(H2,21,22,23). The first-order valence-electron chi connectivity index (χ1n) is 7.96. The lowest BCUT2D eigenvalue weighted by Gasteiger charge is -2.42. The van der Waals surface area contributed by atoms with E-state index in [4.69, 9.17) is 11.6 Å². The smallest absolute Gasteiger partial charge is 0.319 e. The Morgan fingerprint density at radius 3 is 2.52 bits per heavy atom. The monoisotopic (exact) mass is 328 g/mol. The lowest BCUT2D eigenvalue weighted by molar-refractivity contribution is 0.222. The molecule has 0 spiro atoms. The maximum Gasteiger partial charge on any atom is 0.319 e. The van der Waals surface area contributed by atoms with Gasteiger partial charge in [0.15, 0.2) is 0 Å². The number of amides is 2. The van der Waals surface area contributed by atoms with Gasteiger partial charge in [-0.1, -0.05) is 54.4 Å². The number of anilines is 1. The summed E-state index contributed by atoms with van der Waals surface area (Å²) in [7, 11) is 0. The summed E-state index contributed by atoms with van der Waals surface area (Å²) in [5.41, 5.74) is 3.10. The third-order valence-electron chi connectivity index (χ3n) is 4.71. The number of benzene rings is 2. The van der Waals surface area contributed by atoms with Gasteiger partial charge in [-0.2, -0.15) is 0 Å². The van der Waals surface area contributed by atoms with Crippen molar-refractivity contribution in [1.29, 1.82) is 0 Å². The molecule has 120 valence electrons. The molecule has 1 saturated carbocycles. The van der Waals surface area contributed by atoms with Gasteiger partial charge >= 0.3 is 6.03 Å². The van der Waals surface area contributed by atoms with Crippen LogP contribution < -0.4 is 10.6 Å². The molecule has 0 aromatic heterocycles. The third-order valence-corrected chi connectivity index (χ3v) is 5.12. The van der Waals surface area contributed by atoms with Gasteiger partial charge in [-0.25, -0.2) is 4.79 Å². The van der Waals surface area contributed by atoms with Crippen LogP contribution in [0.1, 0.15) is 30.4 Å². The van der Waals surface area contributed by atoms with Gasteiger partial charge < -0.3 is 10.6 Å². The summed E-state index contributed by atoms with van der Waals surface area (Å²) in [6, 6.07) is 15.8. The Labute approximate surface area is 142 Å². The highest BCUT2D eigenvalue weighted by Crippen LogP contribution is 2.43. The molecule has 2 aromatic carbocycles. The van der Waals surface area contributed by atoms with Crippen LogP contribution in [0.3, 0.4) is 0 Å². The average Bonchev–Trinajstić information content (AvgIpc) is 2.51. The van der Waals surface area contributed by atoms with E-state index < -0.39 is 0 Å². The van der Waals surface area contributed by atoms with Crippen molar-refractivity contribution in [3.63, 3.8) is 0 Å². The molecule has 1 aliphatic carbocycles. The number of rotatable bonds is 4. The highest BCUT2D eigenvalue weighted by molar-refractivity contribution is 6.31. The molecule has 0 radical (unpaired) electrons. The zero-order valence-corrected chi connectivity index (χ0v) is 14.0. The number of aryl methyl sites for hydroxylation is 1. The SMILES string of the molecule is Cc1ccc(NC(=O)NCC2(c3ccccc3)CCC2)cc1Cl. The largest absolute Gasteiger partial charge is 0.337 e. The van der Waals surface area contributed by atoms with Crippen molar-refractivity contribution in [2.75, 3.05) is 11.9 Å². The van der Waals surface area contributed by atoms with E-state index in [2.05, 4.69) is 34.9 Å². The minimum atomic E-state index is -0.188. The molecule has 0 aliphatic heterocycles. The molecule has 0 heterocycles. The van der Waals surface area contributed by atoms with Gasteiger partial charge in [-0.05, 0) is 43.0 Å². The second-order valence-corrected chi connectivity index (χ2v) is 6.68. The molecule has 3 nitrogen and oxygen atoms in total. The van der Waals surface area contributed by atoms with Gasteiger partial charge in [0, 0.05) is 22.7 Å². The molecule has 1 aliphatic rings. The molecular weight excluding hydrogens is 308 g/mol. The summed E-state index contributed by atoms with van der Waals surface area (Å²) in [6.45, 7) is 2.59. The second kappa shape index (κ2) is 6.63. The zero-order valence-electron chi connectivity index (χ0n) is 13.2. The van der Waals surface area contributed by atoms with Crippen molar-refractivity contribution in [3.8, 4) is 0 Å². The van der Waals surface area contributed by atoms with Crippen LogP contribution in [-0.2, 0) is 5.41 Å². The summed E-state index contributed by atoms with van der Waals surface area (Å²) in [5, 5.41) is 6.52. The zero-order chi connectivity index (χ0) is 16.3. The molecule has 2 N–H and O–H groups in total. The van der Waals surface area contributed by atoms with Crippen LogP contribution in [0.4, 0.5) is 10.5 Å². The van der Waals surface area contributed by atoms with Crippen molar-refractivity contribution in [1.82, 2.24) is 5.32 Å². The molecule has 2 amide bonds. The van der Waals surface area contributed by atoms with Gasteiger partial charge in [0.1, 0.15) is 0 Å². The van der Waals surface area contributed by atoms with E-state index in [0.29, 0.717) is 17.3 Å². The molecule has 0 unspecified atom stereocenters. The average molecular weight is 329 g/mol. The quantitative estimate of drug-likeness (QED) is 0.824. The first-order chi connectivity index (χ1) is 11.1. The molecule has 3 rings (SSSR count). The fourth-order valence-corrected chi connectivity index (χ4v) is 3.24. The van der Waals surface area contributed by atoms with Crippen molar-refractivity contribution in [3.05, 3.63) is 64.7 Å². The van der Waals surface area contributed by atoms with Crippen LogP contribution in [0.5, 0.6) is 0 Å². The first-order valence-corrected chi connectivity index (χ1v) is 8.33. The van der Waals surface area contributed by atoms with Gasteiger partial charge in [-0.15, -0.1) is 0 Å². The van der Waals surface area contributed by atoms with Crippen LogP contribution >= 0.6 is 11.6 Å². The van der Waals surface area contributed by atoms with Gasteiger partial charge in [0.2, 0.25) is 0 Å². The van der Waals surface area contributed by atoms with Crippen LogP contribution in [0.2, 0.25) is 5.02 Å². The van der Waals surface area contributed by atoms with Crippen molar-refractivity contribution in [2.24, 2.45) is 0 Å². The summed E-state index contributed by atoms with van der Waals surface area (Å²) in [4.78, 5) is 12.2. The van der Waals surface area contributed by atoms with E-state index in [0.717, 1.165) is 18.4 Å². The summed E-state index contributed by atoms with van der Waals surface area (Å²) >= 11 is 6.09. The highest BCUT2D eigenvalue weighted by Gasteiger charge is 2.38. The lowest BCUT2D eigenvalue weighted by atomic mass is 9.64. The van der Waals surface area contributed by atoms with Crippen molar-refractivity contribution in [2.45, 2.75) is 31.6 Å². The molecule has 23 heavy (non-hydrogen) atoms. The van der Waals surface area contributed by atoms with E-state index in [1.165, 1.54) is 12.0 Å².